The fourth-order valence-corrected chi connectivity index (χ4v) is 2.61. The molecule has 0 saturated heterocycles. The number of nitrogens with one attached hydrogen (secondary N) is 1. The van der Waals surface area contributed by atoms with E-state index in [-0.39, 0.29) is 11.5 Å². The summed E-state index contributed by atoms with van der Waals surface area (Å²) < 4.78 is 16.2. The third-order valence-corrected chi connectivity index (χ3v) is 3.99. The van der Waals surface area contributed by atoms with Gasteiger partial charge in [0, 0.05) is 28.3 Å². The number of hydrogen-bond donors (Lipinski definition) is 1. The molecule has 0 atom stereocenters. The van der Waals surface area contributed by atoms with Crippen molar-refractivity contribution in [1.82, 2.24) is 9.38 Å². The van der Waals surface area contributed by atoms with Gasteiger partial charge in [-0.3, -0.25) is 14.0 Å². The summed E-state index contributed by atoms with van der Waals surface area (Å²) in [5.74, 6) is -1.37. The number of amides is 1. The maximum absolute atomic E-state index is 14.4. The van der Waals surface area contributed by atoms with Crippen molar-refractivity contribution < 1.29 is 14.0 Å². The number of carbonyl (C=O) groups is 2. The van der Waals surface area contributed by atoms with Crippen LogP contribution in [0.4, 0.5) is 10.1 Å². The number of benzene rings is 1. The predicted molar refractivity (Wildman–Crippen MR) is 91.9 cm³/mol. The first kappa shape index (κ1) is 16.3. The molecule has 0 aliphatic rings. The van der Waals surface area contributed by atoms with E-state index >= 15 is 0 Å². The van der Waals surface area contributed by atoms with Crippen LogP contribution < -0.4 is 5.32 Å². The number of pyridine rings is 1. The van der Waals surface area contributed by atoms with Gasteiger partial charge in [0.1, 0.15) is 5.65 Å². The lowest BCUT2D eigenvalue weighted by Crippen LogP contribution is -2.14. The van der Waals surface area contributed by atoms with Gasteiger partial charge in [-0.15, -0.1) is 0 Å². The third-order valence-electron chi connectivity index (χ3n) is 3.53. The van der Waals surface area contributed by atoms with Gasteiger partial charge in [-0.2, -0.15) is 4.39 Å². The Morgan fingerprint density at radius 3 is 2.58 bits per heavy atom. The van der Waals surface area contributed by atoms with Crippen LogP contribution in [0.15, 0.2) is 47.1 Å². The van der Waals surface area contributed by atoms with E-state index in [1.807, 2.05) is 0 Å². The number of rotatable bonds is 4. The molecule has 24 heavy (non-hydrogen) atoms. The minimum Gasteiger partial charge on any atom is -0.321 e. The molecule has 1 aromatic carbocycles. The molecule has 7 heteroatoms. The number of ketones is 1. The summed E-state index contributed by atoms with van der Waals surface area (Å²) in [4.78, 5) is 27.9. The average molecular weight is 390 g/mol. The lowest BCUT2D eigenvalue weighted by molar-refractivity contribution is 0.0986. The molecule has 0 bridgehead atoms. The first-order valence-corrected chi connectivity index (χ1v) is 8.06. The number of hydrogen-bond acceptors (Lipinski definition) is 3. The number of halogens is 2. The number of fused-ring (bicyclic) bond motifs is 1. The molecule has 2 aromatic heterocycles. The van der Waals surface area contributed by atoms with Crippen molar-refractivity contribution in [3.63, 3.8) is 0 Å². The highest BCUT2D eigenvalue weighted by Crippen LogP contribution is 2.18. The quantitative estimate of drug-likeness (QED) is 0.683. The Morgan fingerprint density at radius 1 is 1.21 bits per heavy atom. The van der Waals surface area contributed by atoms with Gasteiger partial charge < -0.3 is 5.32 Å². The summed E-state index contributed by atoms with van der Waals surface area (Å²) in [5.41, 5.74) is 1.08. The van der Waals surface area contributed by atoms with Gasteiger partial charge in [-0.25, -0.2) is 4.98 Å². The maximum Gasteiger partial charge on any atom is 0.279 e. The van der Waals surface area contributed by atoms with E-state index in [0.29, 0.717) is 27.8 Å². The Labute approximate surface area is 145 Å². The van der Waals surface area contributed by atoms with Crippen LogP contribution in [0.1, 0.15) is 34.2 Å². The zero-order valence-electron chi connectivity index (χ0n) is 12.7. The fourth-order valence-electron chi connectivity index (χ4n) is 2.27. The van der Waals surface area contributed by atoms with Crippen LogP contribution in [-0.4, -0.2) is 21.1 Å². The van der Waals surface area contributed by atoms with Gasteiger partial charge in [-0.1, -0.05) is 6.92 Å². The smallest absolute Gasteiger partial charge is 0.279 e. The van der Waals surface area contributed by atoms with Crippen LogP contribution >= 0.6 is 15.9 Å². The Hall–Kier alpha value is -2.54. The number of imidazole rings is 1. The number of aromatic nitrogens is 2. The van der Waals surface area contributed by atoms with E-state index < -0.39 is 11.9 Å². The minimum absolute atomic E-state index is 0.0184. The second-order valence-electron chi connectivity index (χ2n) is 5.13. The van der Waals surface area contributed by atoms with Gasteiger partial charge >= 0.3 is 0 Å². The summed E-state index contributed by atoms with van der Waals surface area (Å²) in [6.07, 6.45) is 1.91. The monoisotopic (exact) mass is 389 g/mol. The SMILES string of the molecule is CCC(=O)c1ccc(NC(=O)c2nc3ccc(Br)cn3c2F)cc1. The van der Waals surface area contributed by atoms with E-state index in [1.165, 1.54) is 10.6 Å². The molecule has 1 N–H and O–H groups in total. The van der Waals surface area contributed by atoms with Crippen molar-refractivity contribution >= 4 is 39.0 Å². The molecule has 3 aromatic rings. The van der Waals surface area contributed by atoms with Crippen LogP contribution in [0.2, 0.25) is 0 Å². The Kier molecular flexibility index (Phi) is 4.44. The number of anilines is 1. The largest absolute Gasteiger partial charge is 0.321 e. The van der Waals surface area contributed by atoms with E-state index in [1.54, 1.807) is 43.3 Å². The summed E-state index contributed by atoms with van der Waals surface area (Å²) >= 11 is 3.25. The normalized spacial score (nSPS) is 10.8. The molecule has 0 aliphatic heterocycles. The van der Waals surface area contributed by atoms with E-state index in [0.717, 1.165) is 0 Å². The van der Waals surface area contributed by atoms with Crippen molar-refractivity contribution in [2.45, 2.75) is 13.3 Å². The van der Waals surface area contributed by atoms with Crippen molar-refractivity contribution in [3.8, 4) is 0 Å². The van der Waals surface area contributed by atoms with Crippen LogP contribution in [0, 0.1) is 5.95 Å². The molecule has 0 aliphatic carbocycles. The van der Waals surface area contributed by atoms with E-state index in [4.69, 9.17) is 0 Å². The van der Waals surface area contributed by atoms with Gasteiger partial charge in [0.2, 0.25) is 5.95 Å². The summed E-state index contributed by atoms with van der Waals surface area (Å²) in [5, 5.41) is 2.58. The van der Waals surface area contributed by atoms with Gasteiger partial charge in [-0.05, 0) is 52.3 Å². The number of Topliss-reactive ketones (excluding diaryl/α,β-unsaturated/α-hetero) is 1. The molecule has 2 heterocycles. The molecule has 1 amide bonds. The lowest BCUT2D eigenvalue weighted by atomic mass is 10.1. The molecule has 5 nitrogen and oxygen atoms in total. The maximum atomic E-state index is 14.4. The fraction of sp³-hybridized carbons (Fsp3) is 0.118. The highest BCUT2D eigenvalue weighted by Gasteiger charge is 2.19. The Balaban J connectivity index is 1.85. The first-order chi connectivity index (χ1) is 11.5. The summed E-state index contributed by atoms with van der Waals surface area (Å²) in [6.45, 7) is 1.78. The second-order valence-corrected chi connectivity index (χ2v) is 6.05. The molecular formula is C17H13BrFN3O2. The summed E-state index contributed by atoms with van der Waals surface area (Å²) in [6, 6.07) is 9.77. The molecule has 0 unspecified atom stereocenters. The molecule has 0 radical (unpaired) electrons. The Morgan fingerprint density at radius 2 is 1.92 bits per heavy atom. The highest BCUT2D eigenvalue weighted by molar-refractivity contribution is 9.10. The topological polar surface area (TPSA) is 63.5 Å². The van der Waals surface area contributed by atoms with Gasteiger partial charge in [0.15, 0.2) is 11.5 Å². The van der Waals surface area contributed by atoms with Crippen molar-refractivity contribution in [3.05, 3.63) is 64.3 Å². The second kappa shape index (κ2) is 6.52. The molecular weight excluding hydrogens is 377 g/mol. The highest BCUT2D eigenvalue weighted by atomic mass is 79.9. The van der Waals surface area contributed by atoms with Crippen LogP contribution in [-0.2, 0) is 0 Å². The zero-order chi connectivity index (χ0) is 17.3. The average Bonchev–Trinajstić information content (AvgIpc) is 2.91. The molecule has 0 saturated carbocycles. The lowest BCUT2D eigenvalue weighted by Gasteiger charge is -2.04. The Bertz CT molecular complexity index is 935. The van der Waals surface area contributed by atoms with Crippen molar-refractivity contribution in [2.75, 3.05) is 5.32 Å². The number of carbonyl (C=O) groups excluding carboxylic acids is 2. The zero-order valence-corrected chi connectivity index (χ0v) is 14.3. The van der Waals surface area contributed by atoms with Gasteiger partial charge in [0.05, 0.1) is 0 Å². The van der Waals surface area contributed by atoms with E-state index in [9.17, 15) is 14.0 Å². The van der Waals surface area contributed by atoms with Crippen LogP contribution in [0.3, 0.4) is 0 Å². The van der Waals surface area contributed by atoms with Crippen LogP contribution in [0.5, 0.6) is 0 Å². The molecule has 122 valence electrons. The first-order valence-electron chi connectivity index (χ1n) is 7.27. The molecule has 0 fully saturated rings. The molecule has 3 rings (SSSR count). The van der Waals surface area contributed by atoms with Gasteiger partial charge in [0.25, 0.3) is 5.91 Å². The predicted octanol–water partition coefficient (Wildman–Crippen LogP) is 4.08. The van der Waals surface area contributed by atoms with Crippen molar-refractivity contribution in [2.24, 2.45) is 0 Å². The van der Waals surface area contributed by atoms with E-state index in [2.05, 4.69) is 26.2 Å². The standard InChI is InChI=1S/C17H13BrFN3O2/c1-2-13(23)10-3-6-12(7-4-10)20-17(24)15-16(19)22-9-11(18)5-8-14(22)21-15/h3-9H,2H2,1H3,(H,20,24). The van der Waals surface area contributed by atoms with Crippen molar-refractivity contribution in [1.29, 1.82) is 0 Å². The summed E-state index contributed by atoms with van der Waals surface area (Å²) in [7, 11) is 0. The third kappa shape index (κ3) is 3.07. The molecule has 0 spiro atoms. The number of nitrogens with zero attached hydrogens (tertiary/aromatic N) is 2. The van der Waals surface area contributed by atoms with Crippen LogP contribution in [0.25, 0.3) is 5.65 Å². The minimum atomic E-state index is -0.735.